The first kappa shape index (κ1) is 69.7. The molecule has 5 rings (SSSR count). The third kappa shape index (κ3) is 21.3. The number of hydrogen-bond donors (Lipinski definition) is 0. The summed E-state index contributed by atoms with van der Waals surface area (Å²) in [4.78, 5) is 87.3. The Morgan fingerprint density at radius 3 is 0.941 bits per heavy atom. The van der Waals surface area contributed by atoms with Crippen molar-refractivity contribution in [1.82, 2.24) is 0 Å². The van der Waals surface area contributed by atoms with Gasteiger partial charge in [0, 0.05) is 84.8 Å². The van der Waals surface area contributed by atoms with Gasteiger partial charge < -0.3 is 33.3 Å². The molecule has 0 spiro atoms. The molecule has 4 aromatic rings. The average molecular weight is 1160 g/mol. The predicted octanol–water partition coefficient (Wildman–Crippen LogP) is 15.6. The summed E-state index contributed by atoms with van der Waals surface area (Å²) < 4.78 is 38.1. The molecule has 85 heavy (non-hydrogen) atoms. The molecule has 4 aromatic carbocycles. The summed E-state index contributed by atoms with van der Waals surface area (Å²) in [6, 6.07) is 16.7. The minimum Gasteiger partial charge on any atom is -0.492 e. The van der Waals surface area contributed by atoms with Gasteiger partial charge >= 0.3 is 11.9 Å². The van der Waals surface area contributed by atoms with Crippen molar-refractivity contribution in [1.29, 1.82) is 5.26 Å². The van der Waals surface area contributed by atoms with Crippen LogP contribution in [0.5, 0.6) is 23.0 Å². The maximum Gasteiger partial charge on any atom is 0.333 e. The molecule has 0 unspecified atom stereocenters. The molecule has 1 aliphatic carbocycles. The van der Waals surface area contributed by atoms with Crippen molar-refractivity contribution in [3.8, 4) is 29.1 Å². The number of nitrogens with zero attached hydrogens (tertiary/aromatic N) is 2. The summed E-state index contributed by atoms with van der Waals surface area (Å²) in [7, 11) is 0. The third-order valence-electron chi connectivity index (χ3n) is 14.5. The molecule has 0 saturated carbocycles. The third-order valence-corrected chi connectivity index (χ3v) is 14.5. The van der Waals surface area contributed by atoms with E-state index < -0.39 is 11.9 Å². The van der Waals surface area contributed by atoms with Gasteiger partial charge in [-0.1, -0.05) is 99.6 Å². The van der Waals surface area contributed by atoms with Crippen molar-refractivity contribution in [3.05, 3.63) is 151 Å². The molecular formula is C71H90N2O12. The number of rotatable bonds is 36. The number of ketones is 4. The lowest BCUT2D eigenvalue weighted by atomic mass is 9.86. The van der Waals surface area contributed by atoms with Crippen LogP contribution in [0.4, 0.5) is 0 Å². The van der Waals surface area contributed by atoms with Crippen molar-refractivity contribution >= 4 is 35.1 Å². The standard InChI is InChI=1S/C70H86N2O12.CH4/c1-10-14-18-23-61(73)49-35-53-43-57-39-51(63(75)25-20-16-12-3)41-59(67(57)81-31-33-83-69(77)47(5)6)45-55-37-50(62(74)24-19-15-11-2)38-56(66(55)80-30-28-72-9)46-60-42-52(64(76)26-21-17-13-4)40-58(44-54(36-49)65(53)79-29-22-27-71)68(60)82-32-34-84-70(78)48(7)8;/h35-42H,5,7,10-26,28-34,43-46H2,1-4,6,8H3;1H4. The van der Waals surface area contributed by atoms with Crippen LogP contribution in [0, 0.1) is 17.9 Å². The Hall–Kier alpha value is -7.84. The quantitative estimate of drug-likeness (QED) is 0.0121. The fourth-order valence-electron chi connectivity index (χ4n) is 10.2. The zero-order chi connectivity index (χ0) is 61.0. The van der Waals surface area contributed by atoms with Crippen molar-refractivity contribution < 1.29 is 57.2 Å². The molecule has 0 radical (unpaired) electrons. The first-order chi connectivity index (χ1) is 40.6. The SMILES string of the molecule is C.[C-]#[N+]CCOc1c2cc(C(=O)CCCCC)cc1Cc1cc(C(=O)CCCCC)cc(c1OCCOC(=O)C(=C)C)Cc1cc(C(=O)CCCCC)cc(c1OCCC#N)Cc1cc(C(=O)CCCCC)cc(c1OCCOC(=O)C(=C)C)C2. The van der Waals surface area contributed by atoms with Gasteiger partial charge in [0.25, 0.3) is 0 Å². The number of unbranched alkanes of at least 4 members (excludes halogenated alkanes) is 8. The zero-order valence-corrected chi connectivity index (χ0v) is 50.6. The van der Waals surface area contributed by atoms with E-state index in [1.165, 1.54) is 0 Å². The zero-order valence-electron chi connectivity index (χ0n) is 50.6. The van der Waals surface area contributed by atoms with E-state index in [0.717, 1.165) is 51.4 Å². The number of fused-ring (bicyclic) bond motifs is 8. The fraction of sp³-hybridized carbons (Fsp3) is 0.493. The van der Waals surface area contributed by atoms with Crippen LogP contribution in [-0.4, -0.2) is 81.3 Å². The first-order valence-corrected chi connectivity index (χ1v) is 30.2. The average Bonchev–Trinajstić information content (AvgIpc) is 2.92. The molecule has 0 atom stereocenters. The Bertz CT molecular complexity index is 2780. The molecule has 0 fully saturated rings. The number of nitriles is 1. The van der Waals surface area contributed by atoms with Crippen LogP contribution >= 0.6 is 0 Å². The second kappa shape index (κ2) is 36.8. The molecule has 0 N–H and O–H groups in total. The van der Waals surface area contributed by atoms with Gasteiger partial charge in [0.05, 0.1) is 12.5 Å². The minimum atomic E-state index is -0.590. The Balaban J connectivity index is 0.0000155. The monoisotopic (exact) mass is 1160 g/mol. The number of carbonyl (C=O) groups excluding carboxylic acids is 6. The topological polar surface area (TPSA) is 186 Å². The fourth-order valence-corrected chi connectivity index (χ4v) is 10.2. The number of ether oxygens (including phenoxy) is 6. The van der Waals surface area contributed by atoms with E-state index in [1.807, 2.05) is 48.5 Å². The Kier molecular flexibility index (Phi) is 30.1. The van der Waals surface area contributed by atoms with Gasteiger partial charge in [-0.3, -0.25) is 19.2 Å². The summed E-state index contributed by atoms with van der Waals surface area (Å²) in [6.07, 6.45) is 11.0. The highest BCUT2D eigenvalue weighted by molar-refractivity contribution is 5.99. The highest BCUT2D eigenvalue weighted by atomic mass is 16.6. The number of benzene rings is 4. The molecule has 0 aliphatic heterocycles. The highest BCUT2D eigenvalue weighted by Gasteiger charge is 2.28. The van der Waals surface area contributed by atoms with Gasteiger partial charge in [-0.25, -0.2) is 16.2 Å². The van der Waals surface area contributed by atoms with Crippen LogP contribution in [0.2, 0.25) is 0 Å². The van der Waals surface area contributed by atoms with E-state index in [4.69, 9.17) is 35.0 Å². The molecule has 456 valence electrons. The molecule has 8 bridgehead atoms. The first-order valence-electron chi connectivity index (χ1n) is 30.2. The number of carbonyl (C=O) groups is 6. The van der Waals surface area contributed by atoms with Crippen molar-refractivity contribution in [2.75, 3.05) is 46.2 Å². The van der Waals surface area contributed by atoms with E-state index in [9.17, 15) is 34.0 Å². The molecule has 1 aliphatic rings. The van der Waals surface area contributed by atoms with Crippen molar-refractivity contribution in [3.63, 3.8) is 0 Å². The lowest BCUT2D eigenvalue weighted by molar-refractivity contribution is -0.140. The molecule has 14 nitrogen and oxygen atoms in total. The van der Waals surface area contributed by atoms with Gasteiger partial charge in [0.1, 0.15) is 56.0 Å². The van der Waals surface area contributed by atoms with Gasteiger partial charge in [0.2, 0.25) is 6.54 Å². The van der Waals surface area contributed by atoms with Crippen LogP contribution < -0.4 is 18.9 Å². The molecule has 0 saturated heterocycles. The van der Waals surface area contributed by atoms with Gasteiger partial charge in [-0.15, -0.1) is 0 Å². The molecule has 0 amide bonds. The number of hydrogen-bond acceptors (Lipinski definition) is 13. The normalized spacial score (nSPS) is 11.4. The van der Waals surface area contributed by atoms with Crippen LogP contribution in [0.1, 0.15) is 244 Å². The van der Waals surface area contributed by atoms with Crippen LogP contribution in [-0.2, 0) is 44.7 Å². The van der Waals surface area contributed by atoms with Crippen LogP contribution in [0.3, 0.4) is 0 Å². The van der Waals surface area contributed by atoms with E-state index in [2.05, 4.69) is 51.8 Å². The summed E-state index contributed by atoms with van der Waals surface area (Å²) in [6.45, 7) is 26.1. The Morgan fingerprint density at radius 1 is 0.447 bits per heavy atom. The van der Waals surface area contributed by atoms with E-state index in [1.54, 1.807) is 13.8 Å². The largest absolute Gasteiger partial charge is 0.492 e. The van der Waals surface area contributed by atoms with E-state index in [0.29, 0.717) is 115 Å². The number of Topliss-reactive ketones (excluding diaryl/α,β-unsaturated/α-hetero) is 4. The van der Waals surface area contributed by atoms with Crippen LogP contribution in [0.25, 0.3) is 4.85 Å². The second-order valence-corrected chi connectivity index (χ2v) is 21.7. The summed E-state index contributed by atoms with van der Waals surface area (Å²) in [5.41, 5.74) is 6.55. The van der Waals surface area contributed by atoms with Crippen molar-refractivity contribution in [2.24, 2.45) is 0 Å². The Labute approximate surface area is 505 Å². The summed E-state index contributed by atoms with van der Waals surface area (Å²) >= 11 is 0. The molecular weight excluding hydrogens is 1070 g/mol. The summed E-state index contributed by atoms with van der Waals surface area (Å²) in [5, 5.41) is 9.89. The molecule has 14 heteroatoms. The van der Waals surface area contributed by atoms with Gasteiger partial charge in [-0.05, 0) is 133 Å². The molecule has 0 aromatic heterocycles. The minimum absolute atomic E-state index is 0. The second-order valence-electron chi connectivity index (χ2n) is 21.7. The number of esters is 2. The van der Waals surface area contributed by atoms with Crippen molar-refractivity contribution in [2.45, 2.75) is 184 Å². The van der Waals surface area contributed by atoms with Crippen LogP contribution in [0.15, 0.2) is 72.8 Å². The van der Waals surface area contributed by atoms with Gasteiger partial charge in [0.15, 0.2) is 29.7 Å². The lowest BCUT2D eigenvalue weighted by Crippen LogP contribution is -2.16. The predicted molar refractivity (Wildman–Crippen MR) is 333 cm³/mol. The maximum absolute atomic E-state index is 14.6. The smallest absolute Gasteiger partial charge is 0.333 e. The van der Waals surface area contributed by atoms with E-state index >= 15 is 0 Å². The highest BCUT2D eigenvalue weighted by Crippen LogP contribution is 2.42. The Morgan fingerprint density at radius 2 is 0.706 bits per heavy atom. The lowest BCUT2D eigenvalue weighted by Gasteiger charge is -2.24. The summed E-state index contributed by atoms with van der Waals surface area (Å²) in [5.74, 6) is -0.0363. The maximum atomic E-state index is 14.6. The molecule has 0 heterocycles. The van der Waals surface area contributed by atoms with E-state index in [-0.39, 0.29) is 146 Å². The van der Waals surface area contributed by atoms with Gasteiger partial charge in [-0.2, -0.15) is 5.26 Å².